The maximum absolute atomic E-state index is 5.67. The zero-order chi connectivity index (χ0) is 16.4. The normalized spacial score (nSPS) is 11.5. The lowest BCUT2D eigenvalue weighted by molar-refractivity contribution is 0.142. The Hall–Kier alpha value is -2.37. The number of benzene rings is 2. The Bertz CT molecular complexity index is 942. The molecule has 0 spiro atoms. The molecule has 0 bridgehead atoms. The van der Waals surface area contributed by atoms with Crippen molar-refractivity contribution in [1.82, 2.24) is 19.5 Å². The molecule has 6 heteroatoms. The van der Waals surface area contributed by atoms with Crippen LogP contribution in [0, 0.1) is 0 Å². The smallest absolute Gasteiger partial charge is 0.177 e. The van der Waals surface area contributed by atoms with E-state index in [1.54, 1.807) is 0 Å². The molecule has 2 aromatic carbocycles. The van der Waals surface area contributed by atoms with Gasteiger partial charge in [-0.05, 0) is 24.3 Å². The summed E-state index contributed by atoms with van der Waals surface area (Å²) in [6.07, 6.45) is 0. The highest BCUT2D eigenvalue weighted by atomic mass is 35.5. The van der Waals surface area contributed by atoms with Crippen molar-refractivity contribution >= 4 is 33.7 Å². The van der Waals surface area contributed by atoms with Gasteiger partial charge in [-0.1, -0.05) is 24.3 Å². The summed E-state index contributed by atoms with van der Waals surface area (Å²) in [4.78, 5) is 12.8. The van der Waals surface area contributed by atoms with E-state index in [4.69, 9.17) is 21.3 Å². The molecule has 0 aliphatic heterocycles. The zero-order valence-corrected chi connectivity index (χ0v) is 13.8. The fourth-order valence-corrected chi connectivity index (χ4v) is 2.96. The van der Waals surface area contributed by atoms with Gasteiger partial charge in [-0.2, -0.15) is 0 Å². The van der Waals surface area contributed by atoms with Crippen LogP contribution in [0.15, 0.2) is 48.5 Å². The number of halogens is 1. The Morgan fingerprint density at radius 1 is 0.958 bits per heavy atom. The Morgan fingerprint density at radius 3 is 2.58 bits per heavy atom. The van der Waals surface area contributed by atoms with Gasteiger partial charge < -0.3 is 14.3 Å². The third kappa shape index (κ3) is 2.77. The fraction of sp³-hybridized carbons (Fsp3) is 0.222. The van der Waals surface area contributed by atoms with Gasteiger partial charge in [-0.15, -0.1) is 11.6 Å². The molecular formula is C18H17ClN4O. The first-order valence-electron chi connectivity index (χ1n) is 7.91. The van der Waals surface area contributed by atoms with Crippen molar-refractivity contribution in [1.29, 1.82) is 0 Å². The Labute approximate surface area is 144 Å². The average molecular weight is 341 g/mol. The summed E-state index contributed by atoms with van der Waals surface area (Å²) in [5.74, 6) is 2.09. The van der Waals surface area contributed by atoms with Crippen LogP contribution < -0.4 is 0 Å². The van der Waals surface area contributed by atoms with Crippen molar-refractivity contribution in [3.8, 4) is 11.6 Å². The van der Waals surface area contributed by atoms with E-state index in [1.807, 2.05) is 42.5 Å². The van der Waals surface area contributed by atoms with Gasteiger partial charge in [0.25, 0.3) is 0 Å². The monoisotopic (exact) mass is 340 g/mol. The Morgan fingerprint density at radius 2 is 1.75 bits per heavy atom. The highest BCUT2D eigenvalue weighted by Gasteiger charge is 2.15. The molecule has 0 radical (unpaired) electrons. The van der Waals surface area contributed by atoms with Crippen LogP contribution in [0.2, 0.25) is 0 Å². The van der Waals surface area contributed by atoms with E-state index in [9.17, 15) is 0 Å². The van der Waals surface area contributed by atoms with Gasteiger partial charge >= 0.3 is 0 Å². The number of hydrogen-bond acceptors (Lipinski definition) is 3. The summed E-state index contributed by atoms with van der Waals surface area (Å²) in [5, 5.41) is 0. The van der Waals surface area contributed by atoms with Gasteiger partial charge in [-0.25, -0.2) is 9.97 Å². The molecule has 0 amide bonds. The first-order chi connectivity index (χ1) is 11.9. The Balaban J connectivity index is 1.78. The third-order valence-corrected chi connectivity index (χ3v) is 4.09. The summed E-state index contributed by atoms with van der Waals surface area (Å²) in [5.41, 5.74) is 3.96. The lowest BCUT2D eigenvalue weighted by Gasteiger charge is -2.08. The van der Waals surface area contributed by atoms with Crippen LogP contribution in [0.4, 0.5) is 0 Å². The second kappa shape index (κ2) is 6.63. The predicted molar refractivity (Wildman–Crippen MR) is 96.4 cm³/mol. The molecule has 0 aliphatic rings. The number of nitrogens with zero attached hydrogens (tertiary/aromatic N) is 3. The molecule has 0 unspecified atom stereocenters. The third-order valence-electron chi connectivity index (χ3n) is 3.94. The number of fused-ring (bicyclic) bond motifs is 2. The molecular weight excluding hydrogens is 324 g/mol. The Kier molecular flexibility index (Phi) is 4.19. The summed E-state index contributed by atoms with van der Waals surface area (Å²) < 4.78 is 7.68. The summed E-state index contributed by atoms with van der Waals surface area (Å²) in [6.45, 7) is 1.83. The number of aromatic amines is 1. The van der Waals surface area contributed by atoms with E-state index in [0.29, 0.717) is 25.6 Å². The minimum absolute atomic E-state index is 0.501. The molecule has 24 heavy (non-hydrogen) atoms. The van der Waals surface area contributed by atoms with Gasteiger partial charge in [0.1, 0.15) is 0 Å². The molecule has 0 saturated carbocycles. The summed E-state index contributed by atoms with van der Waals surface area (Å²) in [6, 6.07) is 16.1. The van der Waals surface area contributed by atoms with E-state index in [2.05, 4.69) is 20.6 Å². The number of H-pyrrole nitrogens is 1. The molecule has 0 saturated heterocycles. The molecule has 0 fully saturated rings. The molecule has 5 nitrogen and oxygen atoms in total. The maximum atomic E-state index is 5.67. The first-order valence-corrected chi connectivity index (χ1v) is 8.44. The molecule has 122 valence electrons. The number of imidazole rings is 2. The topological polar surface area (TPSA) is 55.7 Å². The number of rotatable bonds is 6. The summed E-state index contributed by atoms with van der Waals surface area (Å²) >= 11 is 5.67. The van der Waals surface area contributed by atoms with Gasteiger partial charge in [0.05, 0.1) is 35.3 Å². The molecule has 0 atom stereocenters. The van der Waals surface area contributed by atoms with E-state index >= 15 is 0 Å². The number of alkyl halides is 1. The van der Waals surface area contributed by atoms with E-state index < -0.39 is 0 Å². The van der Waals surface area contributed by atoms with Crippen molar-refractivity contribution in [2.75, 3.05) is 19.1 Å². The molecule has 2 heterocycles. The largest absolute Gasteiger partial charge is 0.378 e. The van der Waals surface area contributed by atoms with Crippen molar-refractivity contribution in [3.05, 3.63) is 48.5 Å². The van der Waals surface area contributed by atoms with Gasteiger partial charge in [0, 0.05) is 12.4 Å². The predicted octanol–water partition coefficient (Wildman–Crippen LogP) is 3.84. The minimum Gasteiger partial charge on any atom is -0.378 e. The average Bonchev–Trinajstić information content (AvgIpc) is 3.20. The number of para-hydroxylation sites is 4. The zero-order valence-electron chi connectivity index (χ0n) is 13.1. The van der Waals surface area contributed by atoms with Crippen LogP contribution in [-0.4, -0.2) is 38.6 Å². The number of aromatic nitrogens is 4. The lowest BCUT2D eigenvalue weighted by atomic mass is 10.3. The molecule has 1 N–H and O–H groups in total. The van der Waals surface area contributed by atoms with Crippen LogP contribution in [0.1, 0.15) is 0 Å². The van der Waals surface area contributed by atoms with Gasteiger partial charge in [-0.3, -0.25) is 0 Å². The van der Waals surface area contributed by atoms with Gasteiger partial charge in [0.15, 0.2) is 11.6 Å². The van der Waals surface area contributed by atoms with Crippen molar-refractivity contribution in [2.24, 2.45) is 0 Å². The lowest BCUT2D eigenvalue weighted by Crippen LogP contribution is -2.09. The second-order valence-electron chi connectivity index (χ2n) is 5.48. The van der Waals surface area contributed by atoms with Crippen LogP contribution >= 0.6 is 11.6 Å². The number of ether oxygens (including phenoxy) is 1. The molecule has 2 aromatic heterocycles. The number of hydrogen-bond donors (Lipinski definition) is 1. The highest BCUT2D eigenvalue weighted by molar-refractivity contribution is 6.17. The standard InChI is InChI=1S/C18H17ClN4O/c19-9-11-24-12-10-23-16-8-4-3-7-15(16)22-18(23)17-20-13-5-1-2-6-14(13)21-17/h1-8H,9-12H2,(H,20,21). The van der Waals surface area contributed by atoms with Gasteiger partial charge in [0.2, 0.25) is 0 Å². The quantitative estimate of drug-likeness (QED) is 0.428. The van der Waals surface area contributed by atoms with E-state index in [-0.39, 0.29) is 0 Å². The van der Waals surface area contributed by atoms with E-state index in [0.717, 1.165) is 33.7 Å². The first kappa shape index (κ1) is 15.2. The molecule has 4 aromatic rings. The molecule has 0 aliphatic carbocycles. The van der Waals surface area contributed by atoms with Crippen LogP contribution in [-0.2, 0) is 11.3 Å². The molecule has 4 rings (SSSR count). The van der Waals surface area contributed by atoms with Crippen molar-refractivity contribution in [2.45, 2.75) is 6.54 Å². The fourth-order valence-electron chi connectivity index (χ4n) is 2.85. The van der Waals surface area contributed by atoms with Crippen LogP contribution in [0.25, 0.3) is 33.7 Å². The minimum atomic E-state index is 0.501. The SMILES string of the molecule is ClCCOCCn1c(-c2nc3ccccc3[nH]2)nc2ccccc21. The van der Waals surface area contributed by atoms with Crippen molar-refractivity contribution in [3.63, 3.8) is 0 Å². The van der Waals surface area contributed by atoms with Crippen LogP contribution in [0.3, 0.4) is 0 Å². The highest BCUT2D eigenvalue weighted by Crippen LogP contribution is 2.24. The number of nitrogens with one attached hydrogen (secondary N) is 1. The second-order valence-corrected chi connectivity index (χ2v) is 5.86. The maximum Gasteiger partial charge on any atom is 0.177 e. The van der Waals surface area contributed by atoms with Crippen LogP contribution in [0.5, 0.6) is 0 Å². The summed E-state index contributed by atoms with van der Waals surface area (Å²) in [7, 11) is 0. The van der Waals surface area contributed by atoms with E-state index in [1.165, 1.54) is 0 Å². The van der Waals surface area contributed by atoms with Crippen molar-refractivity contribution < 1.29 is 4.74 Å².